The van der Waals surface area contributed by atoms with Gasteiger partial charge in [0.1, 0.15) is 10.1 Å². The predicted molar refractivity (Wildman–Crippen MR) is 74.8 cm³/mol. The van der Waals surface area contributed by atoms with Crippen molar-refractivity contribution < 1.29 is 14.3 Å². The molecule has 3 nitrogen and oxygen atoms in total. The molecule has 4 atom stereocenters. The van der Waals surface area contributed by atoms with Crippen molar-refractivity contribution in [2.24, 2.45) is 17.8 Å². The predicted octanol–water partition coefficient (Wildman–Crippen LogP) is 4.04. The Morgan fingerprint density at radius 1 is 1.32 bits per heavy atom. The van der Waals surface area contributed by atoms with Crippen LogP contribution >= 0.6 is 23.2 Å². The van der Waals surface area contributed by atoms with Gasteiger partial charge in [-0.25, -0.2) is 4.79 Å². The summed E-state index contributed by atoms with van der Waals surface area (Å²) in [6, 6.07) is 0. The molecule has 2 rings (SSSR count). The summed E-state index contributed by atoms with van der Waals surface area (Å²) < 4.78 is 11.0. The van der Waals surface area contributed by atoms with E-state index in [2.05, 4.69) is 20.8 Å². The summed E-state index contributed by atoms with van der Waals surface area (Å²) in [4.78, 5) is 11.3. The van der Waals surface area contributed by atoms with Crippen molar-refractivity contribution in [1.29, 1.82) is 0 Å². The van der Waals surface area contributed by atoms with Gasteiger partial charge in [-0.2, -0.15) is 0 Å². The minimum atomic E-state index is -0.821. The number of esters is 1. The Hall–Kier alpha value is -0.250. The SMILES string of the molecule is CC(C)[C@@H]1CC[C@@H](C)C[C@H]1O[C@H]1OC(=O)C(Cl)=C1Cl. The number of halogens is 2. The van der Waals surface area contributed by atoms with Crippen LogP contribution in [-0.2, 0) is 14.3 Å². The molecule has 0 aromatic carbocycles. The Morgan fingerprint density at radius 2 is 2.00 bits per heavy atom. The van der Waals surface area contributed by atoms with E-state index in [1.807, 2.05) is 0 Å². The van der Waals surface area contributed by atoms with Gasteiger partial charge in [0.2, 0.25) is 6.29 Å². The van der Waals surface area contributed by atoms with E-state index in [-0.39, 0.29) is 16.2 Å². The molecule has 1 saturated carbocycles. The van der Waals surface area contributed by atoms with Crippen molar-refractivity contribution >= 4 is 29.2 Å². The van der Waals surface area contributed by atoms with E-state index >= 15 is 0 Å². The third kappa shape index (κ3) is 3.26. The number of rotatable bonds is 3. The quantitative estimate of drug-likeness (QED) is 0.738. The molecule has 2 aliphatic rings. The van der Waals surface area contributed by atoms with Crippen LogP contribution in [0.15, 0.2) is 10.1 Å². The fourth-order valence-electron chi connectivity index (χ4n) is 2.92. The average Bonchev–Trinajstić information content (AvgIpc) is 2.57. The first-order valence-corrected chi connectivity index (χ1v) is 7.57. The minimum Gasteiger partial charge on any atom is -0.426 e. The molecule has 0 aromatic heterocycles. The van der Waals surface area contributed by atoms with Gasteiger partial charge in [-0.1, -0.05) is 50.4 Å². The van der Waals surface area contributed by atoms with E-state index in [9.17, 15) is 4.79 Å². The lowest BCUT2D eigenvalue weighted by Crippen LogP contribution is -2.37. The second-order valence-corrected chi connectivity index (χ2v) is 6.68. The van der Waals surface area contributed by atoms with Gasteiger partial charge in [-0.3, -0.25) is 0 Å². The van der Waals surface area contributed by atoms with Crippen LogP contribution in [0, 0.1) is 17.8 Å². The van der Waals surface area contributed by atoms with E-state index < -0.39 is 12.3 Å². The zero-order chi connectivity index (χ0) is 14.2. The van der Waals surface area contributed by atoms with Gasteiger partial charge in [0, 0.05) is 0 Å². The van der Waals surface area contributed by atoms with Crippen molar-refractivity contribution in [3.63, 3.8) is 0 Å². The first-order valence-electron chi connectivity index (χ1n) is 6.81. The highest BCUT2D eigenvalue weighted by molar-refractivity contribution is 6.48. The molecular weight excluding hydrogens is 287 g/mol. The first-order chi connectivity index (χ1) is 8.90. The van der Waals surface area contributed by atoms with Crippen molar-refractivity contribution in [1.82, 2.24) is 0 Å². The molecule has 0 N–H and O–H groups in total. The Labute approximate surface area is 124 Å². The number of ether oxygens (including phenoxy) is 2. The molecule has 0 bridgehead atoms. The monoisotopic (exact) mass is 306 g/mol. The standard InChI is InChI=1S/C14H20Cl2O3/c1-7(2)9-5-4-8(3)6-10(9)18-14-12(16)11(15)13(17)19-14/h7-10,14H,4-6H2,1-3H3/t8-,9+,10-,14+/m1/s1. The molecule has 108 valence electrons. The molecule has 0 spiro atoms. The molecule has 0 unspecified atom stereocenters. The largest absolute Gasteiger partial charge is 0.426 e. The van der Waals surface area contributed by atoms with Gasteiger partial charge < -0.3 is 9.47 Å². The smallest absolute Gasteiger partial charge is 0.353 e. The minimum absolute atomic E-state index is 0.0587. The van der Waals surface area contributed by atoms with Crippen LogP contribution < -0.4 is 0 Å². The van der Waals surface area contributed by atoms with E-state index in [4.69, 9.17) is 32.7 Å². The zero-order valence-electron chi connectivity index (χ0n) is 11.5. The fraction of sp³-hybridized carbons (Fsp3) is 0.786. The molecule has 5 heteroatoms. The third-order valence-corrected chi connectivity index (χ3v) is 4.89. The summed E-state index contributed by atoms with van der Waals surface area (Å²) in [7, 11) is 0. The van der Waals surface area contributed by atoms with Gasteiger partial charge in [0.25, 0.3) is 0 Å². The fourth-order valence-corrected chi connectivity index (χ4v) is 3.23. The molecule has 1 aliphatic carbocycles. The van der Waals surface area contributed by atoms with Crippen LogP contribution in [0.4, 0.5) is 0 Å². The molecule has 0 aromatic rings. The second kappa shape index (κ2) is 6.02. The van der Waals surface area contributed by atoms with Gasteiger partial charge in [0.05, 0.1) is 6.10 Å². The maximum Gasteiger partial charge on any atom is 0.353 e. The molecule has 1 heterocycles. The molecule has 19 heavy (non-hydrogen) atoms. The van der Waals surface area contributed by atoms with Gasteiger partial charge in [0.15, 0.2) is 0 Å². The van der Waals surface area contributed by atoms with E-state index in [1.54, 1.807) is 0 Å². The Balaban J connectivity index is 2.06. The van der Waals surface area contributed by atoms with Gasteiger partial charge in [-0.05, 0) is 30.6 Å². The number of hydrogen-bond acceptors (Lipinski definition) is 3. The van der Waals surface area contributed by atoms with Crippen molar-refractivity contribution in [2.75, 3.05) is 0 Å². The molecule has 1 aliphatic heterocycles. The maximum absolute atomic E-state index is 11.3. The van der Waals surface area contributed by atoms with E-state index in [0.717, 1.165) is 12.8 Å². The van der Waals surface area contributed by atoms with Crippen molar-refractivity contribution in [3.05, 3.63) is 10.1 Å². The molecule has 0 saturated heterocycles. The average molecular weight is 307 g/mol. The highest BCUT2D eigenvalue weighted by Gasteiger charge is 2.39. The van der Waals surface area contributed by atoms with E-state index in [1.165, 1.54) is 6.42 Å². The molecule has 1 fully saturated rings. The van der Waals surface area contributed by atoms with Crippen LogP contribution in [0.25, 0.3) is 0 Å². The molecule has 0 amide bonds. The van der Waals surface area contributed by atoms with Crippen LogP contribution in [0.2, 0.25) is 0 Å². The summed E-state index contributed by atoms with van der Waals surface area (Å²) >= 11 is 11.7. The summed E-state index contributed by atoms with van der Waals surface area (Å²) in [5.41, 5.74) is 0. The number of carbonyl (C=O) groups is 1. The normalized spacial score (nSPS) is 36.0. The molecular formula is C14H20Cl2O3. The highest BCUT2D eigenvalue weighted by Crippen LogP contribution is 2.38. The lowest BCUT2D eigenvalue weighted by Gasteiger charge is -2.38. The first kappa shape index (κ1) is 15.1. The lowest BCUT2D eigenvalue weighted by atomic mass is 9.75. The summed E-state index contributed by atoms with van der Waals surface area (Å²) in [5, 5.41) is 0.115. The van der Waals surface area contributed by atoms with Crippen LogP contribution in [0.5, 0.6) is 0 Å². The van der Waals surface area contributed by atoms with Crippen LogP contribution in [0.1, 0.15) is 40.0 Å². The Bertz CT molecular complexity index is 392. The number of hydrogen-bond donors (Lipinski definition) is 0. The van der Waals surface area contributed by atoms with Crippen molar-refractivity contribution in [2.45, 2.75) is 52.4 Å². The molecule has 0 radical (unpaired) electrons. The second-order valence-electron chi connectivity index (χ2n) is 5.90. The van der Waals surface area contributed by atoms with Gasteiger partial charge >= 0.3 is 5.97 Å². The number of cyclic esters (lactones) is 1. The van der Waals surface area contributed by atoms with Crippen molar-refractivity contribution in [3.8, 4) is 0 Å². The highest BCUT2D eigenvalue weighted by atomic mass is 35.5. The summed E-state index contributed by atoms with van der Waals surface area (Å²) in [5.74, 6) is 1.03. The Kier molecular flexibility index (Phi) is 4.80. The third-order valence-electron chi connectivity index (χ3n) is 4.07. The van der Waals surface area contributed by atoms with Crippen LogP contribution in [-0.4, -0.2) is 18.4 Å². The zero-order valence-corrected chi connectivity index (χ0v) is 13.0. The van der Waals surface area contributed by atoms with Gasteiger partial charge in [-0.15, -0.1) is 0 Å². The topological polar surface area (TPSA) is 35.5 Å². The maximum atomic E-state index is 11.3. The summed E-state index contributed by atoms with van der Waals surface area (Å²) in [6.07, 6.45) is 2.58. The number of carbonyl (C=O) groups excluding carboxylic acids is 1. The van der Waals surface area contributed by atoms with E-state index in [0.29, 0.717) is 17.8 Å². The Morgan fingerprint density at radius 3 is 2.53 bits per heavy atom. The lowest BCUT2D eigenvalue weighted by molar-refractivity contribution is -0.179. The summed E-state index contributed by atoms with van der Waals surface area (Å²) in [6.45, 7) is 6.61. The van der Waals surface area contributed by atoms with Crippen LogP contribution in [0.3, 0.4) is 0 Å².